The Morgan fingerprint density at radius 1 is 1.33 bits per heavy atom. The molecule has 0 amide bonds. The first-order valence-electron chi connectivity index (χ1n) is 6.42. The van der Waals surface area contributed by atoms with Gasteiger partial charge in [-0.25, -0.2) is 4.98 Å². The normalized spacial score (nSPS) is 10.7. The van der Waals surface area contributed by atoms with Crippen LogP contribution in [0.15, 0.2) is 18.2 Å². The second kappa shape index (κ2) is 5.54. The highest BCUT2D eigenvalue weighted by Gasteiger charge is 2.10. The summed E-state index contributed by atoms with van der Waals surface area (Å²) >= 11 is 0. The van der Waals surface area contributed by atoms with E-state index in [4.69, 9.17) is 11.0 Å². The average molecular weight is 242 g/mol. The van der Waals surface area contributed by atoms with Crippen molar-refractivity contribution in [2.45, 2.75) is 39.2 Å². The highest BCUT2D eigenvalue weighted by atomic mass is 15.1. The molecule has 0 unspecified atom stereocenters. The molecule has 2 N–H and O–H groups in total. The fraction of sp³-hybridized carbons (Fsp3) is 0.429. The van der Waals surface area contributed by atoms with E-state index >= 15 is 0 Å². The molecule has 4 heteroatoms. The van der Waals surface area contributed by atoms with Crippen LogP contribution in [-0.2, 0) is 6.54 Å². The first-order valence-corrected chi connectivity index (χ1v) is 6.42. The number of para-hydroxylation sites is 1. The Bertz CT molecular complexity index is 577. The number of nitrogens with two attached hydrogens (primary N) is 1. The van der Waals surface area contributed by atoms with Gasteiger partial charge in [0.25, 0.3) is 0 Å². The van der Waals surface area contributed by atoms with Crippen LogP contribution < -0.4 is 5.73 Å². The SMILES string of the molecule is CCCCCCn1c(N)nc2c(C#N)cccc21. The van der Waals surface area contributed by atoms with Gasteiger partial charge in [0.1, 0.15) is 11.6 Å². The van der Waals surface area contributed by atoms with Gasteiger partial charge in [-0.3, -0.25) is 0 Å². The lowest BCUT2D eigenvalue weighted by Crippen LogP contribution is -2.03. The van der Waals surface area contributed by atoms with Crippen molar-refractivity contribution >= 4 is 17.0 Å². The summed E-state index contributed by atoms with van der Waals surface area (Å²) in [5.41, 5.74) is 8.20. The number of hydrogen-bond acceptors (Lipinski definition) is 3. The molecule has 1 heterocycles. The third-order valence-electron chi connectivity index (χ3n) is 3.16. The summed E-state index contributed by atoms with van der Waals surface area (Å²) < 4.78 is 2.01. The topological polar surface area (TPSA) is 67.6 Å². The average Bonchev–Trinajstić information content (AvgIpc) is 2.70. The number of benzene rings is 1. The lowest BCUT2D eigenvalue weighted by Gasteiger charge is -2.05. The maximum Gasteiger partial charge on any atom is 0.201 e. The molecule has 0 aliphatic carbocycles. The molecule has 0 saturated carbocycles. The largest absolute Gasteiger partial charge is 0.369 e. The molecular formula is C14H18N4. The van der Waals surface area contributed by atoms with E-state index in [9.17, 15) is 0 Å². The Labute approximate surface area is 107 Å². The van der Waals surface area contributed by atoms with Crippen molar-refractivity contribution in [3.8, 4) is 6.07 Å². The molecule has 2 rings (SSSR count). The third kappa shape index (κ3) is 2.30. The molecule has 0 fully saturated rings. The van der Waals surface area contributed by atoms with Gasteiger partial charge in [-0.15, -0.1) is 0 Å². The van der Waals surface area contributed by atoms with Crippen molar-refractivity contribution < 1.29 is 0 Å². The summed E-state index contributed by atoms with van der Waals surface area (Å²) in [7, 11) is 0. The Kier molecular flexibility index (Phi) is 3.83. The van der Waals surface area contributed by atoms with Crippen LogP contribution in [0.1, 0.15) is 38.2 Å². The molecule has 1 aromatic heterocycles. The standard InChI is InChI=1S/C14H18N4/c1-2-3-4-5-9-18-12-8-6-7-11(10-15)13(12)17-14(18)16/h6-8H,2-5,9H2,1H3,(H2,16,17). The van der Waals surface area contributed by atoms with Crippen LogP contribution in [0.2, 0.25) is 0 Å². The number of fused-ring (bicyclic) bond motifs is 1. The summed E-state index contributed by atoms with van der Waals surface area (Å²) in [6.07, 6.45) is 4.77. The number of unbranched alkanes of at least 4 members (excludes halogenated alkanes) is 3. The first kappa shape index (κ1) is 12.4. The molecule has 94 valence electrons. The molecule has 0 saturated heterocycles. The van der Waals surface area contributed by atoms with Crippen molar-refractivity contribution in [2.24, 2.45) is 0 Å². The number of nitrogen functional groups attached to an aromatic ring is 1. The number of rotatable bonds is 5. The second-order valence-electron chi connectivity index (χ2n) is 4.47. The molecule has 0 spiro atoms. The van der Waals surface area contributed by atoms with E-state index in [2.05, 4.69) is 18.0 Å². The maximum atomic E-state index is 9.04. The van der Waals surface area contributed by atoms with Gasteiger partial charge >= 0.3 is 0 Å². The zero-order valence-electron chi connectivity index (χ0n) is 10.7. The van der Waals surface area contributed by atoms with Crippen LogP contribution in [0.25, 0.3) is 11.0 Å². The van der Waals surface area contributed by atoms with Crippen LogP contribution >= 0.6 is 0 Å². The highest BCUT2D eigenvalue weighted by Crippen LogP contribution is 2.21. The minimum atomic E-state index is 0.504. The van der Waals surface area contributed by atoms with Crippen molar-refractivity contribution in [1.29, 1.82) is 5.26 Å². The van der Waals surface area contributed by atoms with E-state index in [1.54, 1.807) is 6.07 Å². The summed E-state index contributed by atoms with van der Waals surface area (Å²) in [4.78, 5) is 4.30. The molecule has 1 aromatic carbocycles. The summed E-state index contributed by atoms with van der Waals surface area (Å²) in [5.74, 6) is 0.504. The first-order chi connectivity index (χ1) is 8.77. The molecule has 0 atom stereocenters. The third-order valence-corrected chi connectivity index (χ3v) is 3.16. The smallest absolute Gasteiger partial charge is 0.201 e. The van der Waals surface area contributed by atoms with Crippen molar-refractivity contribution in [3.63, 3.8) is 0 Å². The van der Waals surface area contributed by atoms with Gasteiger partial charge in [-0.1, -0.05) is 32.3 Å². The van der Waals surface area contributed by atoms with Gasteiger partial charge in [0, 0.05) is 6.54 Å². The van der Waals surface area contributed by atoms with Gasteiger partial charge in [0.2, 0.25) is 5.95 Å². The monoisotopic (exact) mass is 242 g/mol. The van der Waals surface area contributed by atoms with Gasteiger partial charge < -0.3 is 10.3 Å². The minimum absolute atomic E-state index is 0.504. The van der Waals surface area contributed by atoms with E-state index in [1.165, 1.54) is 19.3 Å². The van der Waals surface area contributed by atoms with Gasteiger partial charge in [0.05, 0.1) is 11.1 Å². The fourth-order valence-electron chi connectivity index (χ4n) is 2.19. The number of anilines is 1. The zero-order chi connectivity index (χ0) is 13.0. The molecule has 18 heavy (non-hydrogen) atoms. The molecule has 0 radical (unpaired) electrons. The van der Waals surface area contributed by atoms with Crippen LogP contribution in [0.4, 0.5) is 5.95 Å². The zero-order valence-corrected chi connectivity index (χ0v) is 10.7. The van der Waals surface area contributed by atoms with Gasteiger partial charge in [-0.2, -0.15) is 5.26 Å². The molecule has 0 aliphatic heterocycles. The van der Waals surface area contributed by atoms with Crippen LogP contribution in [0.5, 0.6) is 0 Å². The Hall–Kier alpha value is -2.02. The Balaban J connectivity index is 2.28. The minimum Gasteiger partial charge on any atom is -0.369 e. The van der Waals surface area contributed by atoms with E-state index in [1.807, 2.05) is 16.7 Å². The van der Waals surface area contributed by atoms with Crippen LogP contribution in [0.3, 0.4) is 0 Å². The van der Waals surface area contributed by atoms with E-state index < -0.39 is 0 Å². The van der Waals surface area contributed by atoms with E-state index in [-0.39, 0.29) is 0 Å². The highest BCUT2D eigenvalue weighted by molar-refractivity contribution is 5.83. The van der Waals surface area contributed by atoms with Gasteiger partial charge in [-0.05, 0) is 18.6 Å². The predicted molar refractivity (Wildman–Crippen MR) is 73.0 cm³/mol. The number of nitriles is 1. The lowest BCUT2D eigenvalue weighted by atomic mass is 10.2. The van der Waals surface area contributed by atoms with E-state index in [0.29, 0.717) is 17.0 Å². The Morgan fingerprint density at radius 3 is 2.89 bits per heavy atom. The summed E-state index contributed by atoms with van der Waals surface area (Å²) in [6, 6.07) is 7.78. The van der Waals surface area contributed by atoms with Crippen molar-refractivity contribution in [2.75, 3.05) is 5.73 Å². The van der Waals surface area contributed by atoms with Crippen LogP contribution in [0, 0.1) is 11.3 Å². The maximum absolute atomic E-state index is 9.04. The van der Waals surface area contributed by atoms with Gasteiger partial charge in [0.15, 0.2) is 0 Å². The number of aryl methyl sites for hydroxylation is 1. The molecule has 2 aromatic rings. The molecule has 0 aliphatic rings. The van der Waals surface area contributed by atoms with Crippen LogP contribution in [-0.4, -0.2) is 9.55 Å². The van der Waals surface area contributed by atoms with Crippen molar-refractivity contribution in [3.05, 3.63) is 23.8 Å². The number of aromatic nitrogens is 2. The quantitative estimate of drug-likeness (QED) is 0.819. The molecule has 4 nitrogen and oxygen atoms in total. The van der Waals surface area contributed by atoms with E-state index in [0.717, 1.165) is 18.5 Å². The number of nitrogens with zero attached hydrogens (tertiary/aromatic N) is 3. The lowest BCUT2D eigenvalue weighted by molar-refractivity contribution is 0.595. The van der Waals surface area contributed by atoms with Crippen molar-refractivity contribution in [1.82, 2.24) is 9.55 Å². The Morgan fingerprint density at radius 2 is 2.17 bits per heavy atom. The predicted octanol–water partition coefficient (Wildman–Crippen LogP) is 3.07. The fourth-order valence-corrected chi connectivity index (χ4v) is 2.19. The second-order valence-corrected chi connectivity index (χ2v) is 4.47. The molecule has 0 bridgehead atoms. The summed E-state index contributed by atoms with van der Waals surface area (Å²) in [5, 5.41) is 9.04. The molecular weight excluding hydrogens is 224 g/mol. The summed E-state index contributed by atoms with van der Waals surface area (Å²) in [6.45, 7) is 3.07. The number of hydrogen-bond donors (Lipinski definition) is 1. The number of imidazole rings is 1.